The van der Waals surface area contributed by atoms with Crippen molar-refractivity contribution in [2.45, 2.75) is 24.2 Å². The molecule has 178 valence electrons. The first-order chi connectivity index (χ1) is 16.6. The van der Waals surface area contributed by atoms with E-state index in [1.807, 2.05) is 24.3 Å². The van der Waals surface area contributed by atoms with Gasteiger partial charge in [-0.25, -0.2) is 18.4 Å². The smallest absolute Gasteiger partial charge is 0.243 e. The largest absolute Gasteiger partial charge is 0.356 e. The van der Waals surface area contributed by atoms with E-state index in [2.05, 4.69) is 44.1 Å². The van der Waals surface area contributed by atoms with Crippen molar-refractivity contribution in [3.05, 3.63) is 66.5 Å². The number of hydrogen-bond donors (Lipinski definition) is 0. The fraction of sp³-hybridized carbons (Fsp3) is 0.385. The molecule has 0 amide bonds. The quantitative estimate of drug-likeness (QED) is 0.540. The summed E-state index contributed by atoms with van der Waals surface area (Å²) in [5, 5.41) is 0.815. The van der Waals surface area contributed by atoms with Gasteiger partial charge in [-0.2, -0.15) is 4.31 Å². The Morgan fingerprint density at radius 1 is 0.853 bits per heavy atom. The molecule has 0 bridgehead atoms. The maximum absolute atomic E-state index is 13.5. The van der Waals surface area contributed by atoms with Gasteiger partial charge >= 0.3 is 0 Å². The molecule has 0 atom stereocenters. The SMILES string of the molecule is O=S(=O)(c1ccc2ncnc(N3CCCCC3)c2c1)N1CCN(C/C=C/c2ccccc2)CC1. The number of benzene rings is 2. The first kappa shape index (κ1) is 23.0. The fourth-order valence-corrected chi connectivity index (χ4v) is 6.19. The Kier molecular flexibility index (Phi) is 6.89. The van der Waals surface area contributed by atoms with Gasteiger partial charge in [0.25, 0.3) is 0 Å². The molecule has 34 heavy (non-hydrogen) atoms. The molecular weight excluding hydrogens is 446 g/mol. The summed E-state index contributed by atoms with van der Waals surface area (Å²) < 4.78 is 28.5. The van der Waals surface area contributed by atoms with E-state index in [9.17, 15) is 8.42 Å². The minimum absolute atomic E-state index is 0.325. The summed E-state index contributed by atoms with van der Waals surface area (Å²) in [4.78, 5) is 13.8. The predicted octanol–water partition coefficient (Wildman–Crippen LogP) is 3.64. The van der Waals surface area contributed by atoms with E-state index in [-0.39, 0.29) is 0 Å². The summed E-state index contributed by atoms with van der Waals surface area (Å²) in [7, 11) is -3.57. The molecule has 0 unspecified atom stereocenters. The molecule has 1 aromatic heterocycles. The zero-order valence-electron chi connectivity index (χ0n) is 19.4. The second kappa shape index (κ2) is 10.2. The van der Waals surface area contributed by atoms with Crippen molar-refractivity contribution in [2.24, 2.45) is 0 Å². The van der Waals surface area contributed by atoms with Gasteiger partial charge in [-0.3, -0.25) is 4.90 Å². The lowest BCUT2D eigenvalue weighted by Gasteiger charge is -2.33. The average molecular weight is 478 g/mol. The number of piperidine rings is 1. The Hall–Kier alpha value is -2.81. The van der Waals surface area contributed by atoms with Crippen LogP contribution in [0.3, 0.4) is 0 Å². The van der Waals surface area contributed by atoms with Crippen LogP contribution >= 0.6 is 0 Å². The van der Waals surface area contributed by atoms with Gasteiger partial charge in [-0.1, -0.05) is 42.5 Å². The molecule has 0 spiro atoms. The first-order valence-corrected chi connectivity index (χ1v) is 13.5. The van der Waals surface area contributed by atoms with E-state index >= 15 is 0 Å². The minimum atomic E-state index is -3.57. The van der Waals surface area contributed by atoms with E-state index < -0.39 is 10.0 Å². The molecule has 0 N–H and O–H groups in total. The van der Waals surface area contributed by atoms with E-state index in [0.717, 1.165) is 49.2 Å². The third-order valence-corrected chi connectivity index (χ3v) is 8.58. The third-order valence-electron chi connectivity index (χ3n) is 6.68. The highest BCUT2D eigenvalue weighted by Gasteiger charge is 2.29. The molecule has 0 saturated carbocycles. The number of hydrogen-bond acceptors (Lipinski definition) is 6. The second-order valence-corrected chi connectivity index (χ2v) is 10.9. The topological polar surface area (TPSA) is 69.6 Å². The van der Waals surface area contributed by atoms with Gasteiger partial charge in [0.1, 0.15) is 12.1 Å². The number of aromatic nitrogens is 2. The van der Waals surface area contributed by atoms with Crippen molar-refractivity contribution in [3.63, 3.8) is 0 Å². The summed E-state index contributed by atoms with van der Waals surface area (Å²) in [6.45, 7) is 5.12. The van der Waals surface area contributed by atoms with Gasteiger partial charge in [0.05, 0.1) is 10.4 Å². The minimum Gasteiger partial charge on any atom is -0.356 e. The average Bonchev–Trinajstić information content (AvgIpc) is 2.89. The van der Waals surface area contributed by atoms with Crippen LogP contribution in [0.4, 0.5) is 5.82 Å². The van der Waals surface area contributed by atoms with Crippen molar-refractivity contribution in [1.82, 2.24) is 19.2 Å². The van der Waals surface area contributed by atoms with Crippen molar-refractivity contribution in [3.8, 4) is 0 Å². The molecule has 3 heterocycles. The monoisotopic (exact) mass is 477 g/mol. The number of rotatable bonds is 6. The number of anilines is 1. The molecule has 7 nitrogen and oxygen atoms in total. The fourth-order valence-electron chi connectivity index (χ4n) is 4.74. The summed E-state index contributed by atoms with van der Waals surface area (Å²) >= 11 is 0. The summed E-state index contributed by atoms with van der Waals surface area (Å²) in [6, 6.07) is 15.5. The van der Waals surface area contributed by atoms with Crippen molar-refractivity contribution >= 4 is 32.8 Å². The second-order valence-electron chi connectivity index (χ2n) is 8.94. The van der Waals surface area contributed by atoms with Crippen molar-refractivity contribution in [1.29, 1.82) is 0 Å². The Bertz CT molecular complexity index is 1250. The van der Waals surface area contributed by atoms with E-state index in [0.29, 0.717) is 31.1 Å². The van der Waals surface area contributed by atoms with Gasteiger partial charge in [0.2, 0.25) is 10.0 Å². The van der Waals surface area contributed by atoms with Crippen LogP contribution < -0.4 is 4.90 Å². The van der Waals surface area contributed by atoms with E-state index in [1.165, 1.54) is 12.0 Å². The zero-order chi connectivity index (χ0) is 23.4. The van der Waals surface area contributed by atoms with E-state index in [4.69, 9.17) is 0 Å². The van der Waals surface area contributed by atoms with Gasteiger partial charge in [-0.15, -0.1) is 0 Å². The van der Waals surface area contributed by atoms with Crippen LogP contribution in [-0.2, 0) is 10.0 Å². The number of sulfonamides is 1. The Balaban J connectivity index is 1.28. The van der Waals surface area contributed by atoms with Crippen LogP contribution in [0, 0.1) is 0 Å². The molecule has 3 aromatic rings. The molecule has 2 fully saturated rings. The standard InChI is InChI=1S/C26H31N5O2S/c32-34(33,31-18-16-29(17-19-31)13-7-10-22-8-3-1-4-9-22)23-11-12-25-24(20-23)26(28-21-27-25)30-14-5-2-6-15-30/h1,3-4,7-12,20-21H,2,5-6,13-19H2/b10-7+. The maximum atomic E-state index is 13.5. The molecule has 2 aliphatic heterocycles. The van der Waals surface area contributed by atoms with Gasteiger partial charge in [0, 0.05) is 51.2 Å². The van der Waals surface area contributed by atoms with Crippen molar-refractivity contribution < 1.29 is 8.42 Å². The van der Waals surface area contributed by atoms with Crippen LogP contribution in [0.15, 0.2) is 65.8 Å². The molecule has 2 saturated heterocycles. The lowest BCUT2D eigenvalue weighted by Crippen LogP contribution is -2.48. The van der Waals surface area contributed by atoms with Crippen molar-refractivity contribution in [2.75, 3.05) is 50.7 Å². The van der Waals surface area contributed by atoms with Crippen LogP contribution in [0.1, 0.15) is 24.8 Å². The lowest BCUT2D eigenvalue weighted by molar-refractivity contribution is 0.204. The van der Waals surface area contributed by atoms with Gasteiger partial charge < -0.3 is 4.90 Å². The van der Waals surface area contributed by atoms with E-state index in [1.54, 1.807) is 22.8 Å². The third kappa shape index (κ3) is 4.99. The highest BCUT2D eigenvalue weighted by Crippen LogP contribution is 2.29. The van der Waals surface area contributed by atoms with Gasteiger partial charge in [-0.05, 0) is 43.0 Å². The highest BCUT2D eigenvalue weighted by molar-refractivity contribution is 7.89. The highest BCUT2D eigenvalue weighted by atomic mass is 32.2. The molecule has 0 radical (unpaired) electrons. The van der Waals surface area contributed by atoms with Gasteiger partial charge in [0.15, 0.2) is 0 Å². The van der Waals surface area contributed by atoms with Crippen LogP contribution in [0.2, 0.25) is 0 Å². The molecular formula is C26H31N5O2S. The van der Waals surface area contributed by atoms with Crippen LogP contribution in [-0.4, -0.2) is 73.4 Å². The maximum Gasteiger partial charge on any atom is 0.243 e. The Labute approximate surface area is 201 Å². The first-order valence-electron chi connectivity index (χ1n) is 12.0. The Morgan fingerprint density at radius 3 is 2.38 bits per heavy atom. The normalized spacial score (nSPS) is 18.6. The molecule has 0 aliphatic carbocycles. The number of fused-ring (bicyclic) bond motifs is 1. The molecule has 8 heteroatoms. The molecule has 5 rings (SSSR count). The zero-order valence-corrected chi connectivity index (χ0v) is 20.2. The molecule has 2 aliphatic rings. The summed E-state index contributed by atoms with van der Waals surface area (Å²) in [6.07, 6.45) is 9.33. The van der Waals surface area contributed by atoms with Crippen LogP contribution in [0.5, 0.6) is 0 Å². The number of piperazine rings is 1. The Morgan fingerprint density at radius 2 is 1.62 bits per heavy atom. The lowest BCUT2D eigenvalue weighted by atomic mass is 10.1. The summed E-state index contributed by atoms with van der Waals surface area (Å²) in [5.41, 5.74) is 1.96. The van der Waals surface area contributed by atoms with Crippen LogP contribution in [0.25, 0.3) is 17.0 Å². The summed E-state index contributed by atoms with van der Waals surface area (Å²) in [5.74, 6) is 0.844. The number of nitrogens with zero attached hydrogens (tertiary/aromatic N) is 5. The predicted molar refractivity (Wildman–Crippen MR) is 136 cm³/mol. The molecule has 2 aromatic carbocycles.